The van der Waals surface area contributed by atoms with Crippen LogP contribution in [-0.4, -0.2) is 36.8 Å². The number of nitrogens with two attached hydrogens (primary N) is 1. The van der Waals surface area contributed by atoms with E-state index >= 15 is 0 Å². The van der Waals surface area contributed by atoms with Crippen LogP contribution in [0.1, 0.15) is 6.92 Å². The standard InChI is InChI=1S/C15H20ClN5O2/c1-9(7-22-2)20-14-13(17)15(19-8-18-14)21-11-6-10(16)4-5-12(11)23-3/h4-6,8-9H,7,17H2,1-3H3,(H2,18,19,20,21). The number of hydrogen-bond donors (Lipinski definition) is 3. The molecule has 0 spiro atoms. The van der Waals surface area contributed by atoms with E-state index in [4.69, 9.17) is 26.8 Å². The summed E-state index contributed by atoms with van der Waals surface area (Å²) in [5, 5.41) is 6.88. The van der Waals surface area contributed by atoms with Crippen molar-refractivity contribution in [1.82, 2.24) is 9.97 Å². The molecule has 4 N–H and O–H groups in total. The zero-order valence-corrected chi connectivity index (χ0v) is 14.0. The van der Waals surface area contributed by atoms with Gasteiger partial charge < -0.3 is 25.8 Å². The summed E-state index contributed by atoms with van der Waals surface area (Å²) in [7, 11) is 3.22. The number of hydrogen-bond acceptors (Lipinski definition) is 7. The van der Waals surface area contributed by atoms with Gasteiger partial charge in [-0.2, -0.15) is 0 Å². The van der Waals surface area contributed by atoms with Gasteiger partial charge in [0.25, 0.3) is 0 Å². The minimum absolute atomic E-state index is 0.0609. The molecule has 0 saturated heterocycles. The van der Waals surface area contributed by atoms with E-state index in [1.807, 2.05) is 6.92 Å². The van der Waals surface area contributed by atoms with E-state index in [1.165, 1.54) is 6.33 Å². The normalized spacial score (nSPS) is 11.8. The lowest BCUT2D eigenvalue weighted by atomic mass is 10.2. The van der Waals surface area contributed by atoms with Gasteiger partial charge in [-0.3, -0.25) is 0 Å². The molecule has 2 aromatic rings. The van der Waals surface area contributed by atoms with Gasteiger partial charge in [-0.15, -0.1) is 0 Å². The Bertz CT molecular complexity index is 668. The quantitative estimate of drug-likeness (QED) is 0.715. The topological polar surface area (TPSA) is 94.3 Å². The van der Waals surface area contributed by atoms with Crippen molar-refractivity contribution in [3.8, 4) is 5.75 Å². The second-order valence-corrected chi connectivity index (χ2v) is 5.39. The van der Waals surface area contributed by atoms with Crippen LogP contribution in [-0.2, 0) is 4.74 Å². The number of nitrogens with one attached hydrogen (secondary N) is 2. The number of benzene rings is 1. The van der Waals surface area contributed by atoms with E-state index in [9.17, 15) is 0 Å². The number of nitrogens with zero attached hydrogens (tertiary/aromatic N) is 2. The van der Waals surface area contributed by atoms with Gasteiger partial charge in [-0.25, -0.2) is 9.97 Å². The van der Waals surface area contributed by atoms with Gasteiger partial charge in [0.15, 0.2) is 11.6 Å². The fourth-order valence-electron chi connectivity index (χ4n) is 2.04. The second-order valence-electron chi connectivity index (χ2n) is 4.95. The number of anilines is 4. The summed E-state index contributed by atoms with van der Waals surface area (Å²) in [4.78, 5) is 8.34. The summed E-state index contributed by atoms with van der Waals surface area (Å²) >= 11 is 6.03. The maximum Gasteiger partial charge on any atom is 0.159 e. The molecule has 0 fully saturated rings. The Morgan fingerprint density at radius 3 is 2.70 bits per heavy atom. The van der Waals surface area contributed by atoms with Crippen LogP contribution in [0.3, 0.4) is 0 Å². The fraction of sp³-hybridized carbons (Fsp3) is 0.333. The van der Waals surface area contributed by atoms with Gasteiger partial charge in [0.2, 0.25) is 0 Å². The van der Waals surface area contributed by atoms with Crippen molar-refractivity contribution in [2.24, 2.45) is 0 Å². The summed E-state index contributed by atoms with van der Waals surface area (Å²) in [5.41, 5.74) is 7.21. The van der Waals surface area contributed by atoms with E-state index in [1.54, 1.807) is 32.4 Å². The molecule has 1 unspecified atom stereocenters. The molecule has 8 heteroatoms. The molecule has 0 aliphatic carbocycles. The zero-order valence-electron chi connectivity index (χ0n) is 13.3. The first-order valence-electron chi connectivity index (χ1n) is 7.01. The summed E-state index contributed by atoms with van der Waals surface area (Å²) in [6.45, 7) is 2.51. The Hall–Kier alpha value is -2.25. The van der Waals surface area contributed by atoms with E-state index in [2.05, 4.69) is 20.6 Å². The van der Waals surface area contributed by atoms with Gasteiger partial charge in [0.1, 0.15) is 17.8 Å². The fourth-order valence-corrected chi connectivity index (χ4v) is 2.21. The maximum absolute atomic E-state index is 6.14. The molecule has 23 heavy (non-hydrogen) atoms. The summed E-state index contributed by atoms with van der Waals surface area (Å²) in [6, 6.07) is 5.31. The maximum atomic E-state index is 6.14. The molecule has 124 valence electrons. The molecular weight excluding hydrogens is 318 g/mol. The zero-order chi connectivity index (χ0) is 16.8. The molecule has 0 aliphatic heterocycles. The highest BCUT2D eigenvalue weighted by molar-refractivity contribution is 6.31. The van der Waals surface area contributed by atoms with Crippen molar-refractivity contribution in [2.45, 2.75) is 13.0 Å². The molecule has 0 aliphatic rings. The molecule has 1 aromatic heterocycles. The average Bonchev–Trinajstić information content (AvgIpc) is 2.52. The smallest absolute Gasteiger partial charge is 0.159 e. The summed E-state index contributed by atoms with van der Waals surface area (Å²) < 4.78 is 10.4. The molecule has 0 amide bonds. The highest BCUT2D eigenvalue weighted by atomic mass is 35.5. The highest BCUT2D eigenvalue weighted by Gasteiger charge is 2.13. The van der Waals surface area contributed by atoms with Crippen molar-refractivity contribution < 1.29 is 9.47 Å². The van der Waals surface area contributed by atoms with Gasteiger partial charge in [0.05, 0.1) is 19.4 Å². The van der Waals surface area contributed by atoms with Gasteiger partial charge >= 0.3 is 0 Å². The molecule has 1 atom stereocenters. The predicted molar refractivity (Wildman–Crippen MR) is 92.7 cm³/mol. The average molecular weight is 338 g/mol. The summed E-state index contributed by atoms with van der Waals surface area (Å²) in [6.07, 6.45) is 1.43. The first kappa shape index (κ1) is 17.1. The van der Waals surface area contributed by atoms with Crippen LogP contribution < -0.4 is 21.1 Å². The molecule has 1 heterocycles. The number of halogens is 1. The molecule has 0 radical (unpaired) electrons. The largest absolute Gasteiger partial charge is 0.495 e. The van der Waals surface area contributed by atoms with Crippen LogP contribution in [0.4, 0.5) is 23.0 Å². The first-order valence-corrected chi connectivity index (χ1v) is 7.39. The molecule has 7 nitrogen and oxygen atoms in total. The van der Waals surface area contributed by atoms with Crippen molar-refractivity contribution in [3.63, 3.8) is 0 Å². The van der Waals surface area contributed by atoms with E-state index in [-0.39, 0.29) is 6.04 Å². The number of ether oxygens (including phenoxy) is 2. The molecule has 2 rings (SSSR count). The monoisotopic (exact) mass is 337 g/mol. The minimum Gasteiger partial charge on any atom is -0.495 e. The van der Waals surface area contributed by atoms with E-state index < -0.39 is 0 Å². The molecule has 0 saturated carbocycles. The van der Waals surface area contributed by atoms with Crippen LogP contribution in [0.15, 0.2) is 24.5 Å². The van der Waals surface area contributed by atoms with Crippen LogP contribution in [0.5, 0.6) is 5.75 Å². The van der Waals surface area contributed by atoms with Crippen molar-refractivity contribution in [3.05, 3.63) is 29.5 Å². The Kier molecular flexibility index (Phi) is 5.84. The van der Waals surface area contributed by atoms with Crippen LogP contribution >= 0.6 is 11.6 Å². The third kappa shape index (κ3) is 4.37. The summed E-state index contributed by atoms with van der Waals surface area (Å²) in [5.74, 6) is 1.63. The van der Waals surface area contributed by atoms with E-state index in [0.29, 0.717) is 40.4 Å². The van der Waals surface area contributed by atoms with Crippen molar-refractivity contribution >= 4 is 34.6 Å². The Labute approximate surface area is 140 Å². The van der Waals surface area contributed by atoms with Gasteiger partial charge in [0, 0.05) is 18.2 Å². The molecule has 1 aromatic carbocycles. The lowest BCUT2D eigenvalue weighted by Gasteiger charge is -2.17. The van der Waals surface area contributed by atoms with Gasteiger partial charge in [-0.05, 0) is 25.1 Å². The third-order valence-corrected chi connectivity index (χ3v) is 3.33. The van der Waals surface area contributed by atoms with Crippen molar-refractivity contribution in [1.29, 1.82) is 0 Å². The molecular formula is C15H20ClN5O2. The van der Waals surface area contributed by atoms with E-state index in [0.717, 1.165) is 0 Å². The van der Waals surface area contributed by atoms with Crippen LogP contribution in [0.25, 0.3) is 0 Å². The predicted octanol–water partition coefficient (Wildman–Crippen LogP) is 2.91. The first-order chi connectivity index (χ1) is 11.0. The SMILES string of the molecule is COCC(C)Nc1ncnc(Nc2cc(Cl)ccc2OC)c1N. The lowest BCUT2D eigenvalue weighted by molar-refractivity contribution is 0.190. The highest BCUT2D eigenvalue weighted by Crippen LogP contribution is 2.33. The van der Waals surface area contributed by atoms with Crippen LogP contribution in [0, 0.1) is 0 Å². The lowest BCUT2D eigenvalue weighted by Crippen LogP contribution is -2.22. The Morgan fingerprint density at radius 2 is 2.00 bits per heavy atom. The number of nitrogen functional groups attached to an aromatic ring is 1. The number of methoxy groups -OCH3 is 2. The van der Waals surface area contributed by atoms with Crippen molar-refractivity contribution in [2.75, 3.05) is 37.2 Å². The number of rotatable bonds is 7. The van der Waals surface area contributed by atoms with Crippen LogP contribution in [0.2, 0.25) is 5.02 Å². The van der Waals surface area contributed by atoms with Gasteiger partial charge in [-0.1, -0.05) is 11.6 Å². The number of aromatic nitrogens is 2. The Balaban J connectivity index is 2.26. The Morgan fingerprint density at radius 1 is 1.26 bits per heavy atom. The second kappa shape index (κ2) is 7.85. The minimum atomic E-state index is 0.0609. The third-order valence-electron chi connectivity index (χ3n) is 3.10. The molecule has 0 bridgehead atoms.